The molecule has 1 aromatic heterocycles. The molecule has 1 heterocycles. The van der Waals surface area contributed by atoms with E-state index in [1.54, 1.807) is 6.20 Å². The fraction of sp³-hybridized carbons (Fsp3) is 0.727. The number of aryl methyl sites for hydroxylation is 1. The van der Waals surface area contributed by atoms with Crippen molar-refractivity contribution in [3.8, 4) is 0 Å². The second-order valence-electron chi connectivity index (χ2n) is 4.02. The molecule has 0 aliphatic heterocycles. The molecular formula is C11H20ClN3. The summed E-state index contributed by atoms with van der Waals surface area (Å²) in [7, 11) is 1.98. The summed E-state index contributed by atoms with van der Waals surface area (Å²) in [5.74, 6) is 0.433. The summed E-state index contributed by atoms with van der Waals surface area (Å²) in [5.41, 5.74) is 1.15. The van der Waals surface area contributed by atoms with Gasteiger partial charge >= 0.3 is 0 Å². The average molecular weight is 230 g/mol. The topological polar surface area (TPSA) is 29.9 Å². The van der Waals surface area contributed by atoms with E-state index in [1.807, 2.05) is 11.7 Å². The van der Waals surface area contributed by atoms with Crippen molar-refractivity contribution in [3.05, 3.63) is 16.9 Å². The van der Waals surface area contributed by atoms with Gasteiger partial charge in [-0.15, -0.1) is 0 Å². The Kier molecular flexibility index (Phi) is 4.61. The fourth-order valence-corrected chi connectivity index (χ4v) is 2.20. The maximum atomic E-state index is 6.14. The van der Waals surface area contributed by atoms with E-state index in [0.29, 0.717) is 12.0 Å². The third-order valence-electron chi connectivity index (χ3n) is 2.80. The van der Waals surface area contributed by atoms with E-state index < -0.39 is 0 Å². The zero-order valence-corrected chi connectivity index (χ0v) is 10.7. The van der Waals surface area contributed by atoms with Gasteiger partial charge in [-0.05, 0) is 27.3 Å². The van der Waals surface area contributed by atoms with Crippen LogP contribution < -0.4 is 5.32 Å². The maximum absolute atomic E-state index is 6.14. The highest BCUT2D eigenvalue weighted by atomic mass is 35.5. The summed E-state index contributed by atoms with van der Waals surface area (Å²) in [6, 6.07) is 0.497. The van der Waals surface area contributed by atoms with Gasteiger partial charge in [-0.3, -0.25) is 4.68 Å². The van der Waals surface area contributed by atoms with Gasteiger partial charge in [-0.2, -0.15) is 5.10 Å². The molecule has 4 heteroatoms. The van der Waals surface area contributed by atoms with E-state index in [2.05, 4.69) is 31.2 Å². The van der Waals surface area contributed by atoms with E-state index in [1.165, 1.54) is 0 Å². The van der Waals surface area contributed by atoms with Crippen LogP contribution in [0.4, 0.5) is 0 Å². The Bertz CT molecular complexity index is 309. The van der Waals surface area contributed by atoms with Crippen LogP contribution in [0.1, 0.15) is 38.8 Å². The van der Waals surface area contributed by atoms with Crippen molar-refractivity contribution in [2.24, 2.45) is 0 Å². The number of aromatic nitrogens is 2. The largest absolute Gasteiger partial charge is 0.317 e. The zero-order valence-electron chi connectivity index (χ0n) is 9.92. The summed E-state index contributed by atoms with van der Waals surface area (Å²) >= 11 is 6.14. The second-order valence-corrected chi connectivity index (χ2v) is 4.43. The number of nitrogens with one attached hydrogen (secondary N) is 1. The Morgan fingerprint density at radius 3 is 2.73 bits per heavy atom. The van der Waals surface area contributed by atoms with Crippen molar-refractivity contribution in [1.82, 2.24) is 15.1 Å². The normalized spacial score (nSPS) is 15.3. The Morgan fingerprint density at radius 2 is 2.20 bits per heavy atom. The van der Waals surface area contributed by atoms with Crippen LogP contribution in [0.5, 0.6) is 0 Å². The second kappa shape index (κ2) is 5.52. The van der Waals surface area contributed by atoms with Crippen LogP contribution in [0.3, 0.4) is 0 Å². The van der Waals surface area contributed by atoms with E-state index in [9.17, 15) is 0 Å². The van der Waals surface area contributed by atoms with Crippen LogP contribution in [0.15, 0.2) is 6.20 Å². The third-order valence-corrected chi connectivity index (χ3v) is 3.09. The van der Waals surface area contributed by atoms with Crippen LogP contribution in [0.25, 0.3) is 0 Å². The highest BCUT2D eigenvalue weighted by molar-refractivity contribution is 6.31. The first kappa shape index (κ1) is 12.5. The van der Waals surface area contributed by atoms with Crippen LogP contribution in [0, 0.1) is 0 Å². The van der Waals surface area contributed by atoms with Gasteiger partial charge < -0.3 is 5.32 Å². The quantitative estimate of drug-likeness (QED) is 0.842. The summed E-state index contributed by atoms with van der Waals surface area (Å²) in [4.78, 5) is 0. The molecule has 0 radical (unpaired) electrons. The molecule has 86 valence electrons. The minimum atomic E-state index is 0.433. The minimum Gasteiger partial charge on any atom is -0.317 e. The third kappa shape index (κ3) is 2.95. The van der Waals surface area contributed by atoms with Gasteiger partial charge in [-0.1, -0.05) is 18.5 Å². The van der Waals surface area contributed by atoms with Crippen molar-refractivity contribution in [2.45, 2.75) is 45.7 Å². The minimum absolute atomic E-state index is 0.433. The molecule has 0 aliphatic rings. The van der Waals surface area contributed by atoms with Crippen LogP contribution in [-0.2, 0) is 6.54 Å². The molecule has 0 bridgehead atoms. The lowest BCUT2D eigenvalue weighted by atomic mass is 9.99. The molecule has 1 aromatic rings. The molecule has 0 fully saturated rings. The molecular weight excluding hydrogens is 210 g/mol. The summed E-state index contributed by atoms with van der Waals surface area (Å²) in [6.07, 6.45) is 2.81. The van der Waals surface area contributed by atoms with Gasteiger partial charge in [-0.25, -0.2) is 0 Å². The van der Waals surface area contributed by atoms with Crippen molar-refractivity contribution < 1.29 is 0 Å². The van der Waals surface area contributed by atoms with E-state index in [4.69, 9.17) is 11.6 Å². The predicted molar refractivity (Wildman–Crippen MR) is 64.5 cm³/mol. The highest BCUT2D eigenvalue weighted by Crippen LogP contribution is 2.27. The maximum Gasteiger partial charge on any atom is 0.0820 e. The number of halogens is 1. The number of hydrogen-bond acceptors (Lipinski definition) is 2. The number of rotatable bonds is 5. The zero-order chi connectivity index (χ0) is 11.4. The van der Waals surface area contributed by atoms with Gasteiger partial charge in [0.25, 0.3) is 0 Å². The first-order valence-electron chi connectivity index (χ1n) is 5.48. The molecule has 0 saturated carbocycles. The number of nitrogens with zero attached hydrogens (tertiary/aromatic N) is 2. The molecule has 1 rings (SSSR count). The van der Waals surface area contributed by atoms with Crippen molar-refractivity contribution in [1.29, 1.82) is 0 Å². The lowest BCUT2D eigenvalue weighted by Crippen LogP contribution is -2.23. The van der Waals surface area contributed by atoms with Gasteiger partial charge in [0, 0.05) is 18.5 Å². The monoisotopic (exact) mass is 229 g/mol. The molecule has 3 nitrogen and oxygen atoms in total. The number of hydrogen-bond donors (Lipinski definition) is 1. The van der Waals surface area contributed by atoms with Crippen LogP contribution in [-0.4, -0.2) is 22.9 Å². The fourth-order valence-electron chi connectivity index (χ4n) is 1.87. The smallest absolute Gasteiger partial charge is 0.0820 e. The molecule has 15 heavy (non-hydrogen) atoms. The molecule has 0 aromatic carbocycles. The average Bonchev–Trinajstić information content (AvgIpc) is 2.59. The van der Waals surface area contributed by atoms with E-state index >= 15 is 0 Å². The predicted octanol–water partition coefficient (Wildman–Crippen LogP) is 2.66. The summed E-state index contributed by atoms with van der Waals surface area (Å²) in [6.45, 7) is 7.33. The summed E-state index contributed by atoms with van der Waals surface area (Å²) < 4.78 is 1.98. The molecule has 2 unspecified atom stereocenters. The van der Waals surface area contributed by atoms with E-state index in [0.717, 1.165) is 23.7 Å². The summed E-state index contributed by atoms with van der Waals surface area (Å²) in [5, 5.41) is 8.28. The van der Waals surface area contributed by atoms with Crippen LogP contribution >= 0.6 is 11.6 Å². The molecule has 0 saturated heterocycles. The lowest BCUT2D eigenvalue weighted by molar-refractivity contribution is 0.486. The van der Waals surface area contributed by atoms with Crippen molar-refractivity contribution in [3.63, 3.8) is 0 Å². The van der Waals surface area contributed by atoms with Gasteiger partial charge in [0.05, 0.1) is 16.9 Å². The van der Waals surface area contributed by atoms with Crippen molar-refractivity contribution >= 4 is 11.6 Å². The SMILES string of the molecule is CCn1ncc(Cl)c1C(C)CC(C)NC. The molecule has 1 N–H and O–H groups in total. The van der Waals surface area contributed by atoms with Gasteiger partial charge in [0.15, 0.2) is 0 Å². The molecule has 0 amide bonds. The lowest BCUT2D eigenvalue weighted by Gasteiger charge is -2.18. The van der Waals surface area contributed by atoms with Gasteiger partial charge in [0.2, 0.25) is 0 Å². The molecule has 2 atom stereocenters. The molecule has 0 spiro atoms. The van der Waals surface area contributed by atoms with Crippen LogP contribution in [0.2, 0.25) is 5.02 Å². The Hall–Kier alpha value is -0.540. The van der Waals surface area contributed by atoms with E-state index in [-0.39, 0.29) is 0 Å². The Labute approximate surface area is 96.8 Å². The Balaban J connectivity index is 2.80. The first-order valence-corrected chi connectivity index (χ1v) is 5.86. The Morgan fingerprint density at radius 1 is 1.53 bits per heavy atom. The van der Waals surface area contributed by atoms with Gasteiger partial charge in [0.1, 0.15) is 0 Å². The first-order chi connectivity index (χ1) is 7.10. The van der Waals surface area contributed by atoms with Crippen molar-refractivity contribution in [2.75, 3.05) is 7.05 Å². The molecule has 0 aliphatic carbocycles. The standard InChI is InChI=1S/C11H20ClN3/c1-5-15-11(10(12)7-14-15)8(2)6-9(3)13-4/h7-9,13H,5-6H2,1-4H3. The highest BCUT2D eigenvalue weighted by Gasteiger charge is 2.17.